The Morgan fingerprint density at radius 3 is 3.44 bits per heavy atom. The molecule has 9 heavy (non-hydrogen) atoms. The molecule has 2 nitrogen and oxygen atoms in total. The molecule has 0 N–H and O–H groups in total. The maximum Gasteiger partial charge on any atom is 0.195 e. The van der Waals surface area contributed by atoms with Crippen molar-refractivity contribution in [1.82, 2.24) is 9.38 Å². The summed E-state index contributed by atoms with van der Waals surface area (Å²) in [5.74, 6) is 0. The minimum Gasteiger partial charge on any atom is -0.295 e. The fourth-order valence-corrected chi connectivity index (χ4v) is 1.61. The quantitative estimate of drug-likeness (QED) is 0.571. The van der Waals surface area contributed by atoms with Crippen LogP contribution in [0.4, 0.5) is 0 Å². The standard InChI is InChI=1S/C5H2ClN2S/c6-4-3-8-2-1-7-5(8)9-4/h2-3H. The number of nitrogens with zero attached hydrogens (tertiary/aromatic N) is 2. The summed E-state index contributed by atoms with van der Waals surface area (Å²) in [5, 5.41) is 0. The van der Waals surface area contributed by atoms with Crippen LogP contribution in [0.3, 0.4) is 0 Å². The van der Waals surface area contributed by atoms with Crippen LogP contribution in [0.1, 0.15) is 0 Å². The van der Waals surface area contributed by atoms with E-state index in [-0.39, 0.29) is 0 Å². The van der Waals surface area contributed by atoms with Gasteiger partial charge in [0.15, 0.2) is 4.96 Å². The molecule has 2 heterocycles. The molecule has 2 rings (SSSR count). The summed E-state index contributed by atoms with van der Waals surface area (Å²) in [6, 6.07) is 0. The SMILES string of the molecule is Clc1cn2c[c]nc2s1. The summed E-state index contributed by atoms with van der Waals surface area (Å²) in [4.78, 5) is 4.80. The second-order valence-corrected chi connectivity index (χ2v) is 3.24. The molecular formula is C5H2ClN2S. The van der Waals surface area contributed by atoms with Crippen molar-refractivity contribution in [2.45, 2.75) is 0 Å². The van der Waals surface area contributed by atoms with Gasteiger partial charge in [0.05, 0.1) is 0 Å². The predicted molar refractivity (Wildman–Crippen MR) is 36.9 cm³/mol. The van der Waals surface area contributed by atoms with Crippen molar-refractivity contribution in [3.63, 3.8) is 0 Å². The van der Waals surface area contributed by atoms with Gasteiger partial charge in [-0.2, -0.15) is 0 Å². The highest BCUT2D eigenvalue weighted by Gasteiger charge is 1.96. The van der Waals surface area contributed by atoms with Gasteiger partial charge in [0.25, 0.3) is 0 Å². The van der Waals surface area contributed by atoms with Crippen molar-refractivity contribution < 1.29 is 0 Å². The average molecular weight is 158 g/mol. The number of hydrogen-bond acceptors (Lipinski definition) is 2. The van der Waals surface area contributed by atoms with Gasteiger partial charge in [-0.1, -0.05) is 22.9 Å². The Hall–Kier alpha value is -0.540. The molecule has 0 aliphatic heterocycles. The van der Waals surface area contributed by atoms with Crippen molar-refractivity contribution in [2.75, 3.05) is 0 Å². The third-order valence-corrected chi connectivity index (χ3v) is 2.12. The lowest BCUT2D eigenvalue weighted by atomic mass is 10.9. The summed E-state index contributed by atoms with van der Waals surface area (Å²) in [7, 11) is 0. The van der Waals surface area contributed by atoms with Gasteiger partial charge in [-0.15, -0.1) is 0 Å². The van der Waals surface area contributed by atoms with Gasteiger partial charge in [-0.05, 0) is 0 Å². The molecule has 2 aromatic rings. The number of hydrogen-bond donors (Lipinski definition) is 0. The Morgan fingerprint density at radius 1 is 1.78 bits per heavy atom. The number of thiazole rings is 1. The summed E-state index contributed by atoms with van der Waals surface area (Å²) in [6.07, 6.45) is 6.27. The van der Waals surface area contributed by atoms with Crippen LogP contribution in [-0.4, -0.2) is 9.38 Å². The molecular weight excluding hydrogens is 156 g/mol. The lowest BCUT2D eigenvalue weighted by Gasteiger charge is -1.71. The topological polar surface area (TPSA) is 17.3 Å². The number of halogens is 1. The van der Waals surface area contributed by atoms with E-state index in [1.54, 1.807) is 6.20 Å². The molecule has 45 valence electrons. The van der Waals surface area contributed by atoms with E-state index in [9.17, 15) is 0 Å². The van der Waals surface area contributed by atoms with Crippen LogP contribution in [0.2, 0.25) is 4.34 Å². The maximum absolute atomic E-state index is 5.67. The zero-order valence-corrected chi connectivity index (χ0v) is 5.91. The normalized spacial score (nSPS) is 10.8. The van der Waals surface area contributed by atoms with E-state index >= 15 is 0 Å². The summed E-state index contributed by atoms with van der Waals surface area (Å²) in [6.45, 7) is 0. The van der Waals surface area contributed by atoms with Crippen LogP contribution in [0, 0.1) is 6.20 Å². The second-order valence-electron chi connectivity index (χ2n) is 1.60. The third-order valence-electron chi connectivity index (χ3n) is 1.01. The number of aromatic nitrogens is 2. The van der Waals surface area contributed by atoms with E-state index in [4.69, 9.17) is 11.6 Å². The first kappa shape index (κ1) is 5.26. The summed E-state index contributed by atoms with van der Waals surface area (Å²) >= 11 is 7.11. The molecule has 0 aromatic carbocycles. The highest BCUT2D eigenvalue weighted by atomic mass is 35.5. The molecule has 0 aliphatic carbocycles. The Kier molecular flexibility index (Phi) is 1.00. The molecule has 0 amide bonds. The first-order chi connectivity index (χ1) is 4.36. The molecule has 0 saturated heterocycles. The molecule has 0 fully saturated rings. The van der Waals surface area contributed by atoms with Crippen LogP contribution < -0.4 is 0 Å². The zero-order valence-electron chi connectivity index (χ0n) is 4.34. The van der Waals surface area contributed by atoms with Gasteiger partial charge in [0.2, 0.25) is 0 Å². The van der Waals surface area contributed by atoms with Crippen LogP contribution in [0.15, 0.2) is 12.4 Å². The average Bonchev–Trinajstić information content (AvgIpc) is 2.22. The predicted octanol–water partition coefficient (Wildman–Crippen LogP) is 1.85. The van der Waals surface area contributed by atoms with Crippen molar-refractivity contribution in [1.29, 1.82) is 0 Å². The van der Waals surface area contributed by atoms with Crippen LogP contribution in [0.5, 0.6) is 0 Å². The first-order valence-electron chi connectivity index (χ1n) is 2.36. The molecule has 1 radical (unpaired) electrons. The minimum atomic E-state index is 0.756. The Balaban J connectivity index is 2.92. The first-order valence-corrected chi connectivity index (χ1v) is 3.56. The number of fused-ring (bicyclic) bond motifs is 1. The summed E-state index contributed by atoms with van der Waals surface area (Å²) < 4.78 is 2.60. The van der Waals surface area contributed by atoms with Crippen LogP contribution >= 0.6 is 22.9 Å². The van der Waals surface area contributed by atoms with Crippen molar-refractivity contribution in [3.05, 3.63) is 22.9 Å². The van der Waals surface area contributed by atoms with E-state index in [1.807, 2.05) is 10.6 Å². The maximum atomic E-state index is 5.67. The molecule has 0 spiro atoms. The van der Waals surface area contributed by atoms with Crippen molar-refractivity contribution in [3.8, 4) is 0 Å². The third kappa shape index (κ3) is 0.730. The Bertz CT molecular complexity index is 296. The lowest BCUT2D eigenvalue weighted by molar-refractivity contribution is 1.23. The number of imidazole rings is 1. The largest absolute Gasteiger partial charge is 0.295 e. The molecule has 0 bridgehead atoms. The molecule has 0 aliphatic rings. The molecule has 0 unspecified atom stereocenters. The van der Waals surface area contributed by atoms with E-state index in [0.29, 0.717) is 0 Å². The Morgan fingerprint density at radius 2 is 2.67 bits per heavy atom. The highest BCUT2D eigenvalue weighted by Crippen LogP contribution is 2.20. The molecule has 4 heteroatoms. The van der Waals surface area contributed by atoms with Crippen LogP contribution in [0.25, 0.3) is 4.96 Å². The van der Waals surface area contributed by atoms with Gasteiger partial charge < -0.3 is 0 Å². The van der Waals surface area contributed by atoms with Crippen LogP contribution in [-0.2, 0) is 0 Å². The van der Waals surface area contributed by atoms with Crippen molar-refractivity contribution >= 4 is 27.9 Å². The van der Waals surface area contributed by atoms with Gasteiger partial charge in [0.1, 0.15) is 10.5 Å². The molecule has 0 atom stereocenters. The molecule has 2 aromatic heterocycles. The highest BCUT2D eigenvalue weighted by molar-refractivity contribution is 7.20. The van der Waals surface area contributed by atoms with Gasteiger partial charge in [-0.25, -0.2) is 4.98 Å². The van der Waals surface area contributed by atoms with Gasteiger partial charge in [-0.3, -0.25) is 4.40 Å². The zero-order chi connectivity index (χ0) is 6.27. The molecule has 0 saturated carbocycles. The monoisotopic (exact) mass is 157 g/mol. The second kappa shape index (κ2) is 1.72. The minimum absolute atomic E-state index is 0.756. The van der Waals surface area contributed by atoms with Gasteiger partial charge >= 0.3 is 0 Å². The van der Waals surface area contributed by atoms with E-state index in [0.717, 1.165) is 9.30 Å². The lowest BCUT2D eigenvalue weighted by Crippen LogP contribution is -1.66. The van der Waals surface area contributed by atoms with Crippen molar-refractivity contribution in [2.24, 2.45) is 0 Å². The number of rotatable bonds is 0. The van der Waals surface area contributed by atoms with E-state index < -0.39 is 0 Å². The van der Waals surface area contributed by atoms with Gasteiger partial charge in [0, 0.05) is 12.4 Å². The Labute approximate surface area is 60.7 Å². The fraction of sp³-hybridized carbons (Fsp3) is 0. The van der Waals surface area contributed by atoms with E-state index in [2.05, 4.69) is 11.2 Å². The fourth-order valence-electron chi connectivity index (χ4n) is 0.650. The van der Waals surface area contributed by atoms with E-state index in [1.165, 1.54) is 11.3 Å². The summed E-state index contributed by atoms with van der Waals surface area (Å²) in [5.41, 5.74) is 0. The smallest absolute Gasteiger partial charge is 0.195 e.